The van der Waals surface area contributed by atoms with E-state index in [1.54, 1.807) is 6.33 Å². The predicted octanol–water partition coefficient (Wildman–Crippen LogP) is 5.32. The number of hydrogen-bond donors (Lipinski definition) is 3. The maximum Gasteiger partial charge on any atom is 0.490 e. The summed E-state index contributed by atoms with van der Waals surface area (Å²) in [5.41, 5.74) is 1.35. The van der Waals surface area contributed by atoms with Crippen LogP contribution in [0.25, 0.3) is 22.2 Å². The molecule has 1 aliphatic heterocycles. The van der Waals surface area contributed by atoms with Gasteiger partial charge in [-0.1, -0.05) is 12.1 Å². The van der Waals surface area contributed by atoms with Crippen LogP contribution in [-0.4, -0.2) is 73.0 Å². The Hall–Kier alpha value is -5.07. The van der Waals surface area contributed by atoms with Crippen molar-refractivity contribution < 1.29 is 49.8 Å². The molecule has 0 atom stereocenters. The number of aromatic nitrogens is 6. The Morgan fingerprint density at radius 2 is 1.64 bits per heavy atom. The molecule has 0 spiro atoms. The number of hydrogen-bond acceptors (Lipinski definition) is 8. The molecule has 11 nitrogen and oxygen atoms in total. The number of imidazole rings is 2. The summed E-state index contributed by atoms with van der Waals surface area (Å²) < 4.78 is 105. The zero-order valence-electron chi connectivity index (χ0n) is 24.0. The van der Waals surface area contributed by atoms with Gasteiger partial charge in [0.2, 0.25) is 5.95 Å². The van der Waals surface area contributed by atoms with E-state index < -0.39 is 35.5 Å². The van der Waals surface area contributed by atoms with Gasteiger partial charge >= 0.3 is 18.3 Å². The van der Waals surface area contributed by atoms with Crippen LogP contribution < -0.4 is 10.2 Å². The molecule has 0 aliphatic carbocycles. The lowest BCUT2D eigenvalue weighted by Crippen LogP contribution is -2.37. The molecule has 0 bridgehead atoms. The van der Waals surface area contributed by atoms with Crippen molar-refractivity contribution in [1.82, 2.24) is 29.5 Å². The number of aromatic amines is 1. The van der Waals surface area contributed by atoms with Crippen LogP contribution in [0.5, 0.6) is 0 Å². The Bertz CT molecular complexity index is 1870. The Morgan fingerprint density at radius 1 is 0.957 bits per heavy atom. The van der Waals surface area contributed by atoms with Gasteiger partial charge in [0.15, 0.2) is 28.6 Å². The van der Waals surface area contributed by atoms with E-state index in [0.717, 1.165) is 23.8 Å². The molecule has 4 heterocycles. The average molecular weight is 673 g/mol. The number of alkyl halides is 6. The minimum absolute atomic E-state index is 0.0915. The van der Waals surface area contributed by atoms with Crippen molar-refractivity contribution in [2.75, 3.05) is 36.5 Å². The maximum absolute atomic E-state index is 14.1. The Labute approximate surface area is 259 Å². The molecule has 19 heteroatoms. The van der Waals surface area contributed by atoms with Gasteiger partial charge in [0.1, 0.15) is 11.3 Å². The number of carbonyl (C=O) groups is 1. The summed E-state index contributed by atoms with van der Waals surface area (Å²) in [6, 6.07) is 7.52. The van der Waals surface area contributed by atoms with Crippen molar-refractivity contribution in [2.24, 2.45) is 0 Å². The van der Waals surface area contributed by atoms with Crippen molar-refractivity contribution in [1.29, 1.82) is 0 Å². The third-order valence-corrected chi connectivity index (χ3v) is 6.93. The summed E-state index contributed by atoms with van der Waals surface area (Å²) in [5.74, 6) is -3.49. The molecule has 6 rings (SSSR count). The zero-order chi connectivity index (χ0) is 33.9. The SMILES string of the molecule is Fc1ccc2[nH]c(CNc3nc(N4CCOCC4)nc4c3ncn4CCc3ccc(C(F)(F)F)cc3)nc2c1F.O=C(O)C(F)(F)F. The second-order valence-corrected chi connectivity index (χ2v) is 10.1. The summed E-state index contributed by atoms with van der Waals surface area (Å²) >= 11 is 0. The van der Waals surface area contributed by atoms with Crippen molar-refractivity contribution in [2.45, 2.75) is 31.9 Å². The molecule has 1 aliphatic rings. The summed E-state index contributed by atoms with van der Waals surface area (Å²) in [7, 11) is 0. The number of carboxylic acid groups (broad SMARTS) is 1. The number of anilines is 2. The van der Waals surface area contributed by atoms with Gasteiger partial charge in [-0.25, -0.2) is 23.5 Å². The Balaban J connectivity index is 0.000000559. The fourth-order valence-corrected chi connectivity index (χ4v) is 4.55. The first-order valence-electron chi connectivity index (χ1n) is 13.8. The number of nitrogens with zero attached hydrogens (tertiary/aromatic N) is 6. The smallest absolute Gasteiger partial charge is 0.475 e. The van der Waals surface area contributed by atoms with Gasteiger partial charge in [-0.15, -0.1) is 0 Å². The van der Waals surface area contributed by atoms with Crippen LogP contribution >= 0.6 is 0 Å². The van der Waals surface area contributed by atoms with Crippen LogP contribution in [0.4, 0.5) is 46.9 Å². The van der Waals surface area contributed by atoms with Crippen LogP contribution in [0.1, 0.15) is 17.0 Å². The number of halogens is 8. The van der Waals surface area contributed by atoms with E-state index >= 15 is 0 Å². The van der Waals surface area contributed by atoms with E-state index in [1.165, 1.54) is 18.2 Å². The number of morpholine rings is 1. The third-order valence-electron chi connectivity index (χ3n) is 6.93. The average Bonchev–Trinajstić information content (AvgIpc) is 3.65. The van der Waals surface area contributed by atoms with Gasteiger partial charge in [0, 0.05) is 19.6 Å². The largest absolute Gasteiger partial charge is 0.490 e. The number of nitrogens with one attached hydrogen (secondary N) is 2. The number of aliphatic carboxylic acids is 1. The summed E-state index contributed by atoms with van der Waals surface area (Å²) in [4.78, 5) is 31.9. The van der Waals surface area contributed by atoms with Crippen molar-refractivity contribution in [3.8, 4) is 0 Å². The highest BCUT2D eigenvalue weighted by Crippen LogP contribution is 2.29. The molecule has 1 saturated heterocycles. The lowest BCUT2D eigenvalue weighted by atomic mass is 10.1. The van der Waals surface area contributed by atoms with E-state index in [0.29, 0.717) is 73.5 Å². The topological polar surface area (TPSA) is 134 Å². The third kappa shape index (κ3) is 7.84. The molecular weight excluding hydrogens is 648 g/mol. The van der Waals surface area contributed by atoms with Crippen LogP contribution in [-0.2, 0) is 35.2 Å². The number of fused-ring (bicyclic) bond motifs is 2. The highest BCUT2D eigenvalue weighted by Gasteiger charge is 2.38. The number of H-pyrrole nitrogens is 1. The molecule has 5 aromatic rings. The molecule has 0 radical (unpaired) electrons. The van der Waals surface area contributed by atoms with Gasteiger partial charge in [-0.3, -0.25) is 0 Å². The highest BCUT2D eigenvalue weighted by molar-refractivity contribution is 5.84. The molecule has 0 unspecified atom stereocenters. The number of aryl methyl sites for hydroxylation is 2. The second-order valence-electron chi connectivity index (χ2n) is 10.1. The molecule has 3 N–H and O–H groups in total. The minimum Gasteiger partial charge on any atom is -0.475 e. The first-order valence-corrected chi connectivity index (χ1v) is 13.8. The zero-order valence-corrected chi connectivity index (χ0v) is 24.0. The molecule has 2 aromatic carbocycles. The minimum atomic E-state index is -5.08. The fourth-order valence-electron chi connectivity index (χ4n) is 4.55. The van der Waals surface area contributed by atoms with Gasteiger partial charge in [-0.2, -0.15) is 36.3 Å². The number of rotatable bonds is 7. The van der Waals surface area contributed by atoms with Crippen molar-refractivity contribution in [3.63, 3.8) is 0 Å². The van der Waals surface area contributed by atoms with Gasteiger partial charge in [0.05, 0.1) is 37.2 Å². The van der Waals surface area contributed by atoms with E-state index in [2.05, 4.69) is 25.3 Å². The Kier molecular flexibility index (Phi) is 9.45. The molecular formula is C28H24F8N8O3. The normalized spacial score (nSPS) is 13.9. The maximum atomic E-state index is 14.1. The Morgan fingerprint density at radius 3 is 2.28 bits per heavy atom. The number of benzene rings is 2. The van der Waals surface area contributed by atoms with Crippen molar-refractivity contribution in [3.05, 3.63) is 71.3 Å². The first kappa shape index (κ1) is 33.3. The van der Waals surface area contributed by atoms with Gasteiger partial charge < -0.3 is 29.6 Å². The number of ether oxygens (including phenoxy) is 1. The molecule has 0 amide bonds. The van der Waals surface area contributed by atoms with Gasteiger partial charge in [0.25, 0.3) is 0 Å². The molecule has 1 fully saturated rings. The first-order chi connectivity index (χ1) is 22.2. The molecule has 47 heavy (non-hydrogen) atoms. The molecule has 3 aromatic heterocycles. The predicted molar refractivity (Wildman–Crippen MR) is 151 cm³/mol. The molecule has 250 valence electrons. The second kappa shape index (κ2) is 13.3. The van der Waals surface area contributed by atoms with E-state index in [4.69, 9.17) is 19.6 Å². The lowest BCUT2D eigenvalue weighted by Gasteiger charge is -2.27. The summed E-state index contributed by atoms with van der Waals surface area (Å²) in [5, 5.41) is 10.3. The molecule has 0 saturated carbocycles. The fraction of sp³-hybridized carbons (Fsp3) is 0.321. The quantitative estimate of drug-likeness (QED) is 0.196. The summed E-state index contributed by atoms with van der Waals surface area (Å²) in [6.45, 7) is 2.80. The van der Waals surface area contributed by atoms with E-state index in [9.17, 15) is 35.1 Å². The van der Waals surface area contributed by atoms with Crippen LogP contribution in [0, 0.1) is 11.6 Å². The number of carboxylic acids is 1. The van der Waals surface area contributed by atoms with E-state index in [1.807, 2.05) is 9.47 Å². The van der Waals surface area contributed by atoms with Crippen molar-refractivity contribution >= 4 is 39.9 Å². The van der Waals surface area contributed by atoms with E-state index in [-0.39, 0.29) is 12.1 Å². The van der Waals surface area contributed by atoms with Crippen LogP contribution in [0.2, 0.25) is 0 Å². The highest BCUT2D eigenvalue weighted by atomic mass is 19.4. The standard InChI is InChI=1S/C26H23F5N8O.C2HF3O2/c27-17-5-6-18-21(20(17)28)35-19(34-18)13-32-23-22-24(37-25(36-23)38-9-11-40-12-10-38)39(14-33-22)8-7-15-1-3-16(4-2-15)26(29,30)31;3-2(4,5)1(6)7/h1-6,14H,7-13H2,(H,34,35)(H,32,36,37);(H,6,7). The van der Waals surface area contributed by atoms with Gasteiger partial charge in [-0.05, 0) is 36.2 Å². The van der Waals surface area contributed by atoms with Crippen LogP contribution in [0.3, 0.4) is 0 Å². The monoisotopic (exact) mass is 672 g/mol. The summed E-state index contributed by atoms with van der Waals surface area (Å²) in [6.07, 6.45) is -7.40. The lowest BCUT2D eigenvalue weighted by molar-refractivity contribution is -0.192. The van der Waals surface area contributed by atoms with Crippen LogP contribution in [0.15, 0.2) is 42.7 Å².